The first-order valence-electron chi connectivity index (χ1n) is 4.71. The number of fused-ring (bicyclic) bond motifs is 1. The summed E-state index contributed by atoms with van der Waals surface area (Å²) in [4.78, 5) is 14.5. The Morgan fingerprint density at radius 1 is 1.62 bits per heavy atom. The summed E-state index contributed by atoms with van der Waals surface area (Å²) in [5, 5.41) is 0. The van der Waals surface area contributed by atoms with Crippen LogP contribution in [0.25, 0.3) is 11.1 Å². The Kier molecular flexibility index (Phi) is 2.83. The Morgan fingerprint density at radius 3 is 3.06 bits per heavy atom. The molecular formula is C10H8BNO3S. The molecule has 6 heteroatoms. The van der Waals surface area contributed by atoms with Crippen molar-refractivity contribution in [2.45, 2.75) is 6.92 Å². The van der Waals surface area contributed by atoms with Crippen LogP contribution < -0.4 is 5.46 Å². The van der Waals surface area contributed by atoms with E-state index in [-0.39, 0.29) is 4.84 Å². The topological polar surface area (TPSA) is 55.2 Å². The first-order chi connectivity index (χ1) is 7.61. The second-order valence-corrected chi connectivity index (χ2v) is 3.55. The highest BCUT2D eigenvalue weighted by atomic mass is 32.1. The Morgan fingerprint density at radius 2 is 2.38 bits per heavy atom. The van der Waals surface area contributed by atoms with E-state index in [1.807, 2.05) is 0 Å². The summed E-state index contributed by atoms with van der Waals surface area (Å²) < 4.78 is 10.0. The quantitative estimate of drug-likeness (QED) is 0.484. The number of rotatable bonds is 2. The molecule has 0 bridgehead atoms. The monoisotopic (exact) mass is 233 g/mol. The fraction of sp³-hybridized carbons (Fsp3) is 0.200. The third-order valence-corrected chi connectivity index (χ3v) is 2.25. The van der Waals surface area contributed by atoms with E-state index in [9.17, 15) is 4.79 Å². The molecule has 0 amide bonds. The molecule has 0 saturated heterocycles. The lowest BCUT2D eigenvalue weighted by atomic mass is 9.93. The number of ether oxygens (including phenoxy) is 1. The molecule has 0 unspecified atom stereocenters. The normalized spacial score (nSPS) is 10.6. The van der Waals surface area contributed by atoms with Crippen LogP contribution in [-0.2, 0) is 4.74 Å². The molecule has 0 fully saturated rings. The number of benzene rings is 1. The van der Waals surface area contributed by atoms with E-state index < -0.39 is 5.97 Å². The number of esters is 1. The number of carbonyl (C=O) groups is 1. The highest BCUT2D eigenvalue weighted by Crippen LogP contribution is 2.13. The number of nitrogens with one attached hydrogen (secondary N) is 1. The minimum absolute atomic E-state index is 0.225. The summed E-state index contributed by atoms with van der Waals surface area (Å²) in [6.45, 7) is 2.06. The summed E-state index contributed by atoms with van der Waals surface area (Å²) in [5.41, 5.74) is 1.78. The zero-order valence-electron chi connectivity index (χ0n) is 8.57. The average molecular weight is 233 g/mol. The number of carbonyl (C=O) groups excluding carboxylic acids is 1. The molecule has 2 aromatic rings. The van der Waals surface area contributed by atoms with E-state index >= 15 is 0 Å². The van der Waals surface area contributed by atoms with E-state index in [4.69, 9.17) is 29.2 Å². The maximum atomic E-state index is 11.5. The molecule has 1 aromatic carbocycles. The zero-order chi connectivity index (χ0) is 11.7. The van der Waals surface area contributed by atoms with Crippen LogP contribution in [0.15, 0.2) is 16.5 Å². The van der Waals surface area contributed by atoms with Gasteiger partial charge in [0.25, 0.3) is 4.84 Å². The van der Waals surface area contributed by atoms with Gasteiger partial charge in [0.1, 0.15) is 13.4 Å². The van der Waals surface area contributed by atoms with Gasteiger partial charge >= 0.3 is 5.97 Å². The van der Waals surface area contributed by atoms with E-state index in [2.05, 4.69) is 4.98 Å². The fourth-order valence-electron chi connectivity index (χ4n) is 1.42. The van der Waals surface area contributed by atoms with Crippen molar-refractivity contribution in [3.8, 4) is 0 Å². The van der Waals surface area contributed by atoms with Crippen molar-refractivity contribution in [2.75, 3.05) is 6.61 Å². The SMILES string of the molecule is [B]c1cc(C(=O)OCC)cc2[nH]c(=S)oc12. The minimum atomic E-state index is -0.420. The first kappa shape index (κ1) is 10.9. The molecule has 80 valence electrons. The number of H-pyrrole nitrogens is 1. The predicted molar refractivity (Wildman–Crippen MR) is 62.7 cm³/mol. The number of hydrogen-bond donors (Lipinski definition) is 1. The molecule has 0 aliphatic rings. The molecule has 1 aromatic heterocycles. The van der Waals surface area contributed by atoms with Gasteiger partial charge in [0.2, 0.25) is 0 Å². The lowest BCUT2D eigenvalue weighted by molar-refractivity contribution is 0.0526. The molecule has 2 rings (SSSR count). The molecule has 4 nitrogen and oxygen atoms in total. The smallest absolute Gasteiger partial charge is 0.338 e. The van der Waals surface area contributed by atoms with Gasteiger partial charge < -0.3 is 14.1 Å². The largest absolute Gasteiger partial charge is 0.462 e. The molecule has 0 atom stereocenters. The zero-order valence-corrected chi connectivity index (χ0v) is 9.39. The van der Waals surface area contributed by atoms with Crippen LogP contribution in [0.3, 0.4) is 0 Å². The third-order valence-electron chi connectivity index (χ3n) is 2.06. The van der Waals surface area contributed by atoms with Crippen LogP contribution in [-0.4, -0.2) is 25.4 Å². The van der Waals surface area contributed by atoms with Gasteiger partial charge in [-0.3, -0.25) is 0 Å². The van der Waals surface area contributed by atoms with Crippen molar-refractivity contribution in [1.82, 2.24) is 4.98 Å². The number of aromatic nitrogens is 1. The van der Waals surface area contributed by atoms with E-state index in [1.165, 1.54) is 6.07 Å². The standard InChI is InChI=1S/C10H8BNO3S/c1-2-14-9(13)5-3-6(11)8-7(4-5)12-10(16)15-8/h3-4H,2H2,1H3,(H,12,16). The summed E-state index contributed by atoms with van der Waals surface area (Å²) in [5.74, 6) is -0.420. The third kappa shape index (κ3) is 1.88. The van der Waals surface area contributed by atoms with Crippen molar-refractivity contribution >= 4 is 42.6 Å². The molecular weight excluding hydrogens is 225 g/mol. The van der Waals surface area contributed by atoms with E-state index in [0.29, 0.717) is 28.7 Å². The van der Waals surface area contributed by atoms with Crippen LogP contribution in [0.4, 0.5) is 0 Å². The Bertz CT molecular complexity index is 602. The molecule has 2 radical (unpaired) electrons. The molecule has 0 saturated carbocycles. The number of aromatic amines is 1. The molecule has 0 aliphatic heterocycles. The minimum Gasteiger partial charge on any atom is -0.462 e. The lowest BCUT2D eigenvalue weighted by Gasteiger charge is -2.02. The second kappa shape index (κ2) is 4.13. The summed E-state index contributed by atoms with van der Waals surface area (Å²) in [7, 11) is 5.74. The summed E-state index contributed by atoms with van der Waals surface area (Å²) in [6, 6.07) is 3.11. The van der Waals surface area contributed by atoms with Crippen molar-refractivity contribution < 1.29 is 13.9 Å². The van der Waals surface area contributed by atoms with Crippen molar-refractivity contribution in [3.63, 3.8) is 0 Å². The molecule has 0 aliphatic carbocycles. The van der Waals surface area contributed by atoms with Crippen molar-refractivity contribution in [3.05, 3.63) is 22.5 Å². The van der Waals surface area contributed by atoms with Crippen LogP contribution in [0, 0.1) is 4.84 Å². The Balaban J connectivity index is 2.57. The van der Waals surface area contributed by atoms with Crippen LogP contribution in [0.1, 0.15) is 17.3 Å². The van der Waals surface area contributed by atoms with Crippen molar-refractivity contribution in [1.29, 1.82) is 0 Å². The second-order valence-electron chi connectivity index (χ2n) is 3.18. The van der Waals surface area contributed by atoms with Crippen LogP contribution in [0.2, 0.25) is 0 Å². The first-order valence-corrected chi connectivity index (χ1v) is 5.12. The van der Waals surface area contributed by atoms with Gasteiger partial charge in [-0.25, -0.2) is 4.79 Å². The van der Waals surface area contributed by atoms with Crippen LogP contribution in [0.5, 0.6) is 0 Å². The van der Waals surface area contributed by atoms with Gasteiger partial charge in [0.05, 0.1) is 17.7 Å². The van der Waals surface area contributed by atoms with Gasteiger partial charge in [-0.15, -0.1) is 0 Å². The van der Waals surface area contributed by atoms with E-state index in [0.717, 1.165) is 0 Å². The Hall–Kier alpha value is -1.56. The maximum absolute atomic E-state index is 11.5. The average Bonchev–Trinajstić information content (AvgIpc) is 2.59. The van der Waals surface area contributed by atoms with Crippen LogP contribution >= 0.6 is 12.2 Å². The molecule has 1 heterocycles. The number of oxazole rings is 1. The lowest BCUT2D eigenvalue weighted by Crippen LogP contribution is -2.10. The van der Waals surface area contributed by atoms with Gasteiger partial charge in [-0.05, 0) is 25.2 Å². The summed E-state index contributed by atoms with van der Waals surface area (Å²) >= 11 is 4.84. The maximum Gasteiger partial charge on any atom is 0.338 e. The van der Waals surface area contributed by atoms with Gasteiger partial charge in [-0.1, -0.05) is 11.5 Å². The summed E-state index contributed by atoms with van der Waals surface area (Å²) in [6.07, 6.45) is 0. The van der Waals surface area contributed by atoms with Gasteiger partial charge in [0.15, 0.2) is 0 Å². The molecule has 1 N–H and O–H groups in total. The molecule has 0 spiro atoms. The van der Waals surface area contributed by atoms with Crippen molar-refractivity contribution in [2.24, 2.45) is 0 Å². The van der Waals surface area contributed by atoms with Gasteiger partial charge in [-0.2, -0.15) is 0 Å². The highest BCUT2D eigenvalue weighted by molar-refractivity contribution is 7.71. The fourth-order valence-corrected chi connectivity index (χ4v) is 1.61. The Labute approximate surface area is 98.0 Å². The number of hydrogen-bond acceptors (Lipinski definition) is 4. The molecule has 16 heavy (non-hydrogen) atoms. The van der Waals surface area contributed by atoms with Gasteiger partial charge in [0, 0.05) is 0 Å². The predicted octanol–water partition coefficient (Wildman–Crippen LogP) is 1.46. The van der Waals surface area contributed by atoms with E-state index in [1.54, 1.807) is 13.0 Å². The highest BCUT2D eigenvalue weighted by Gasteiger charge is 2.11.